The Morgan fingerprint density at radius 3 is 2.81 bits per heavy atom. The molecule has 0 saturated carbocycles. The highest BCUT2D eigenvalue weighted by atomic mass is 16.3. The number of rotatable bonds is 3. The summed E-state index contributed by atoms with van der Waals surface area (Å²) in [5.74, 6) is 1.58. The van der Waals surface area contributed by atoms with Gasteiger partial charge >= 0.3 is 0 Å². The van der Waals surface area contributed by atoms with Gasteiger partial charge in [0.2, 0.25) is 5.95 Å². The highest BCUT2D eigenvalue weighted by Crippen LogP contribution is 2.40. The van der Waals surface area contributed by atoms with Crippen molar-refractivity contribution >= 4 is 22.8 Å². The number of hydrogen-bond acceptors (Lipinski definition) is 6. The summed E-state index contributed by atoms with van der Waals surface area (Å²) in [5, 5.41) is 21.2. The quantitative estimate of drug-likeness (QED) is 0.788. The van der Waals surface area contributed by atoms with Crippen molar-refractivity contribution in [2.24, 2.45) is 0 Å². The normalized spacial score (nSPS) is 28.3. The molecule has 0 spiro atoms. The van der Waals surface area contributed by atoms with E-state index in [-0.39, 0.29) is 6.10 Å². The molecule has 2 aromatic rings. The van der Waals surface area contributed by atoms with E-state index in [1.54, 1.807) is 6.20 Å². The van der Waals surface area contributed by atoms with E-state index in [4.69, 9.17) is 4.98 Å². The van der Waals surface area contributed by atoms with E-state index in [0.29, 0.717) is 18.0 Å². The van der Waals surface area contributed by atoms with Crippen molar-refractivity contribution in [2.45, 2.75) is 50.8 Å². The van der Waals surface area contributed by atoms with Crippen molar-refractivity contribution in [3.8, 4) is 0 Å². The molecule has 0 radical (unpaired) electrons. The standard InChI is InChI=1S/C14H20N6O/c1-2-15-14-17-12-11(7-16-19-12)13(18-14)20-8-3-4-9(20)6-10(21)5-8/h7-10,21H,2-6H2,1H3,(H2,15,16,17,18,19). The molecule has 4 heterocycles. The summed E-state index contributed by atoms with van der Waals surface area (Å²) in [5.41, 5.74) is 0.765. The van der Waals surface area contributed by atoms with E-state index in [1.807, 2.05) is 6.92 Å². The van der Waals surface area contributed by atoms with Gasteiger partial charge in [0.15, 0.2) is 5.65 Å². The molecule has 2 aliphatic heterocycles. The van der Waals surface area contributed by atoms with Crippen molar-refractivity contribution in [2.75, 3.05) is 16.8 Å². The third kappa shape index (κ3) is 2.03. The third-order valence-electron chi connectivity index (χ3n) is 4.58. The van der Waals surface area contributed by atoms with Crippen molar-refractivity contribution in [3.63, 3.8) is 0 Å². The van der Waals surface area contributed by atoms with E-state index in [9.17, 15) is 5.11 Å². The first-order valence-corrected chi connectivity index (χ1v) is 7.67. The Labute approximate surface area is 122 Å². The summed E-state index contributed by atoms with van der Waals surface area (Å²) in [6.07, 6.45) is 5.54. The Kier molecular flexibility index (Phi) is 2.95. The van der Waals surface area contributed by atoms with E-state index in [1.165, 1.54) is 0 Å². The molecule has 2 saturated heterocycles. The Morgan fingerprint density at radius 2 is 2.10 bits per heavy atom. The molecular weight excluding hydrogens is 268 g/mol. The molecule has 7 nitrogen and oxygen atoms in total. The average molecular weight is 288 g/mol. The maximum Gasteiger partial charge on any atom is 0.226 e. The number of nitrogens with zero attached hydrogens (tertiary/aromatic N) is 4. The molecule has 2 bridgehead atoms. The number of H-pyrrole nitrogens is 1. The van der Waals surface area contributed by atoms with Crippen LogP contribution in [0.4, 0.5) is 11.8 Å². The first kappa shape index (κ1) is 12.8. The number of aliphatic hydroxyl groups is 1. The molecule has 2 atom stereocenters. The Hall–Kier alpha value is -1.89. The number of anilines is 2. The van der Waals surface area contributed by atoms with Gasteiger partial charge in [0, 0.05) is 18.6 Å². The molecule has 112 valence electrons. The van der Waals surface area contributed by atoms with Crippen LogP contribution >= 0.6 is 0 Å². The highest BCUT2D eigenvalue weighted by molar-refractivity contribution is 5.88. The minimum Gasteiger partial charge on any atom is -0.393 e. The van der Waals surface area contributed by atoms with Gasteiger partial charge in [0.1, 0.15) is 5.82 Å². The van der Waals surface area contributed by atoms with Crippen LogP contribution in [0.2, 0.25) is 0 Å². The van der Waals surface area contributed by atoms with Crippen LogP contribution in [0, 0.1) is 0 Å². The molecule has 0 aliphatic carbocycles. The molecule has 0 aromatic carbocycles. The van der Waals surface area contributed by atoms with Crippen molar-refractivity contribution in [3.05, 3.63) is 6.20 Å². The summed E-state index contributed by atoms with van der Waals surface area (Å²) in [6, 6.07) is 0.752. The van der Waals surface area contributed by atoms with Crippen LogP contribution in [0.15, 0.2) is 6.20 Å². The maximum atomic E-state index is 9.98. The van der Waals surface area contributed by atoms with Gasteiger partial charge in [-0.15, -0.1) is 0 Å². The molecule has 2 unspecified atom stereocenters. The Balaban J connectivity index is 1.80. The molecule has 3 N–H and O–H groups in total. The van der Waals surface area contributed by atoms with Crippen LogP contribution in [0.3, 0.4) is 0 Å². The fourth-order valence-electron chi connectivity index (χ4n) is 3.75. The molecule has 2 fully saturated rings. The van der Waals surface area contributed by atoms with E-state index in [2.05, 4.69) is 25.4 Å². The summed E-state index contributed by atoms with van der Waals surface area (Å²) < 4.78 is 0. The lowest BCUT2D eigenvalue weighted by atomic mass is 10.00. The molecule has 4 rings (SSSR count). The highest BCUT2D eigenvalue weighted by Gasteiger charge is 2.41. The average Bonchev–Trinajstić information content (AvgIpc) is 3.02. The van der Waals surface area contributed by atoms with Crippen LogP contribution in [0.25, 0.3) is 11.0 Å². The van der Waals surface area contributed by atoms with Crippen molar-refractivity contribution in [1.29, 1.82) is 0 Å². The lowest BCUT2D eigenvalue weighted by Gasteiger charge is -2.38. The molecule has 2 aliphatic rings. The smallest absolute Gasteiger partial charge is 0.226 e. The fraction of sp³-hybridized carbons (Fsp3) is 0.643. The number of aromatic nitrogens is 4. The van der Waals surface area contributed by atoms with Gasteiger partial charge in [-0.1, -0.05) is 0 Å². The van der Waals surface area contributed by atoms with Crippen LogP contribution < -0.4 is 10.2 Å². The number of fused-ring (bicyclic) bond motifs is 3. The summed E-state index contributed by atoms with van der Waals surface area (Å²) in [7, 11) is 0. The molecular formula is C14H20N6O. The van der Waals surface area contributed by atoms with Crippen molar-refractivity contribution < 1.29 is 5.11 Å². The zero-order chi connectivity index (χ0) is 14.4. The topological polar surface area (TPSA) is 90.0 Å². The SMILES string of the molecule is CCNc1nc(N2C3CCC2CC(O)C3)c2cn[nH]c2n1. The largest absolute Gasteiger partial charge is 0.393 e. The van der Waals surface area contributed by atoms with Crippen LogP contribution in [0.5, 0.6) is 0 Å². The summed E-state index contributed by atoms with van der Waals surface area (Å²) in [4.78, 5) is 11.5. The molecule has 7 heteroatoms. The predicted molar refractivity (Wildman–Crippen MR) is 80.4 cm³/mol. The zero-order valence-electron chi connectivity index (χ0n) is 12.1. The minimum absolute atomic E-state index is 0.173. The number of nitrogens with one attached hydrogen (secondary N) is 2. The van der Waals surface area contributed by atoms with Crippen LogP contribution in [-0.2, 0) is 0 Å². The fourth-order valence-corrected chi connectivity index (χ4v) is 3.75. The predicted octanol–water partition coefficient (Wildman–Crippen LogP) is 1.28. The Morgan fingerprint density at radius 1 is 1.33 bits per heavy atom. The zero-order valence-corrected chi connectivity index (χ0v) is 12.1. The van der Waals surface area contributed by atoms with Crippen LogP contribution in [-0.4, -0.2) is 50.0 Å². The van der Waals surface area contributed by atoms with E-state index < -0.39 is 0 Å². The second kappa shape index (κ2) is 4.84. The first-order valence-electron chi connectivity index (χ1n) is 7.67. The van der Waals surface area contributed by atoms with Gasteiger partial charge in [-0.2, -0.15) is 15.1 Å². The minimum atomic E-state index is -0.173. The second-order valence-electron chi connectivity index (χ2n) is 5.95. The summed E-state index contributed by atoms with van der Waals surface area (Å²) >= 11 is 0. The molecule has 2 aromatic heterocycles. The number of aliphatic hydroxyl groups excluding tert-OH is 1. The van der Waals surface area contributed by atoms with Gasteiger partial charge in [-0.05, 0) is 32.6 Å². The number of piperidine rings is 1. The summed E-state index contributed by atoms with van der Waals surface area (Å²) in [6.45, 7) is 2.81. The second-order valence-corrected chi connectivity index (χ2v) is 5.95. The van der Waals surface area contributed by atoms with E-state index >= 15 is 0 Å². The lowest BCUT2D eigenvalue weighted by Crippen LogP contribution is -2.45. The molecule has 0 amide bonds. The lowest BCUT2D eigenvalue weighted by molar-refractivity contribution is 0.126. The van der Waals surface area contributed by atoms with Crippen LogP contribution in [0.1, 0.15) is 32.6 Å². The van der Waals surface area contributed by atoms with Gasteiger partial charge in [-0.3, -0.25) is 5.10 Å². The van der Waals surface area contributed by atoms with Gasteiger partial charge in [-0.25, -0.2) is 0 Å². The van der Waals surface area contributed by atoms with Gasteiger partial charge in [0.05, 0.1) is 17.7 Å². The van der Waals surface area contributed by atoms with Gasteiger partial charge in [0.25, 0.3) is 0 Å². The number of hydrogen-bond donors (Lipinski definition) is 3. The first-order chi connectivity index (χ1) is 10.3. The Bertz CT molecular complexity index is 642. The third-order valence-corrected chi connectivity index (χ3v) is 4.58. The molecule has 21 heavy (non-hydrogen) atoms. The van der Waals surface area contributed by atoms with Crippen molar-refractivity contribution in [1.82, 2.24) is 20.2 Å². The monoisotopic (exact) mass is 288 g/mol. The van der Waals surface area contributed by atoms with Gasteiger partial charge < -0.3 is 15.3 Å². The maximum absolute atomic E-state index is 9.98. The number of aromatic amines is 1. The van der Waals surface area contributed by atoms with E-state index in [0.717, 1.165) is 49.1 Å².